The van der Waals surface area contributed by atoms with Crippen LogP contribution in [0.5, 0.6) is 0 Å². The number of benzene rings is 9. The van der Waals surface area contributed by atoms with Crippen LogP contribution < -0.4 is 0 Å². The third kappa shape index (κ3) is 8.02. The topological polar surface area (TPSA) is 38.7 Å². The van der Waals surface area contributed by atoms with Crippen LogP contribution in [0, 0.1) is 0 Å². The molecule has 0 fully saturated rings. The van der Waals surface area contributed by atoms with E-state index in [4.69, 9.17) is 15.0 Å². The molecule has 66 heavy (non-hydrogen) atoms. The molecule has 0 aliphatic rings. The van der Waals surface area contributed by atoms with Crippen LogP contribution in [0.25, 0.3) is 112 Å². The van der Waals surface area contributed by atoms with Gasteiger partial charge in [0.2, 0.25) is 0 Å². The highest BCUT2D eigenvalue weighted by Crippen LogP contribution is 2.49. The molecule has 11 aromatic rings. The standard InChI is InChI=1S/C63H43N3/c1-7-22-45(23-8-1)54-36-19-20-37-55(54)57-43-56(64-63(65-57)51-32-17-6-18-33-51)46-40-38-44(39-41-46)52-34-21-35-53(42-52)58-59(47-24-9-2-10-25-47)61(49-28-13-4-14-29-49)66-62(50-30-15-5-16-31-50)60(58)48-26-11-3-12-27-48/h1-43H. The highest BCUT2D eigenvalue weighted by Gasteiger charge is 2.25. The van der Waals surface area contributed by atoms with Crippen molar-refractivity contribution in [1.82, 2.24) is 15.0 Å². The third-order valence-corrected chi connectivity index (χ3v) is 12.1. The second kappa shape index (κ2) is 18.1. The van der Waals surface area contributed by atoms with Gasteiger partial charge in [-0.25, -0.2) is 15.0 Å². The minimum Gasteiger partial charge on any atom is -0.246 e. The Hall–Kier alpha value is -8.79. The summed E-state index contributed by atoms with van der Waals surface area (Å²) in [6.45, 7) is 0. The minimum atomic E-state index is 0.688. The summed E-state index contributed by atoms with van der Waals surface area (Å²) in [7, 11) is 0. The van der Waals surface area contributed by atoms with Crippen molar-refractivity contribution in [3.63, 3.8) is 0 Å². The van der Waals surface area contributed by atoms with Crippen molar-refractivity contribution in [2.24, 2.45) is 0 Å². The second-order valence-electron chi connectivity index (χ2n) is 16.3. The normalized spacial score (nSPS) is 11.0. The monoisotopic (exact) mass is 841 g/mol. The van der Waals surface area contributed by atoms with Crippen LogP contribution >= 0.6 is 0 Å². The largest absolute Gasteiger partial charge is 0.246 e. The lowest BCUT2D eigenvalue weighted by atomic mass is 9.82. The van der Waals surface area contributed by atoms with Crippen molar-refractivity contribution >= 4 is 0 Å². The van der Waals surface area contributed by atoms with Gasteiger partial charge < -0.3 is 0 Å². The molecule has 0 aliphatic heterocycles. The van der Waals surface area contributed by atoms with Crippen molar-refractivity contribution in [1.29, 1.82) is 0 Å². The first-order valence-electron chi connectivity index (χ1n) is 22.4. The Balaban J connectivity index is 1.07. The fourth-order valence-corrected chi connectivity index (χ4v) is 8.97. The molecule has 0 saturated heterocycles. The molecule has 0 N–H and O–H groups in total. The Morgan fingerprint density at radius 2 is 0.591 bits per heavy atom. The molecule has 3 heteroatoms. The lowest BCUT2D eigenvalue weighted by Crippen LogP contribution is -2.01. The first-order chi connectivity index (χ1) is 32.7. The number of pyridine rings is 1. The highest BCUT2D eigenvalue weighted by molar-refractivity contribution is 6.05. The zero-order valence-corrected chi connectivity index (χ0v) is 36.2. The smallest absolute Gasteiger partial charge is 0.160 e. The zero-order chi connectivity index (χ0) is 44.1. The van der Waals surface area contributed by atoms with Crippen LogP contribution in [0.1, 0.15) is 0 Å². The molecule has 310 valence electrons. The molecule has 2 heterocycles. The van der Waals surface area contributed by atoms with Gasteiger partial charge in [-0.15, -0.1) is 0 Å². The van der Waals surface area contributed by atoms with Crippen molar-refractivity contribution in [3.8, 4) is 112 Å². The van der Waals surface area contributed by atoms with Crippen LogP contribution in [-0.4, -0.2) is 15.0 Å². The summed E-state index contributed by atoms with van der Waals surface area (Å²) in [5.74, 6) is 0.688. The molecule has 0 unspecified atom stereocenters. The molecule has 0 aliphatic carbocycles. The van der Waals surface area contributed by atoms with Crippen molar-refractivity contribution in [2.45, 2.75) is 0 Å². The summed E-state index contributed by atoms with van der Waals surface area (Å²) in [6.07, 6.45) is 0. The molecular weight excluding hydrogens is 799 g/mol. The summed E-state index contributed by atoms with van der Waals surface area (Å²) in [5, 5.41) is 0. The Morgan fingerprint density at radius 1 is 0.197 bits per heavy atom. The van der Waals surface area contributed by atoms with Gasteiger partial charge in [0.05, 0.1) is 22.8 Å². The van der Waals surface area contributed by atoms with Crippen LogP contribution in [0.3, 0.4) is 0 Å². The van der Waals surface area contributed by atoms with Gasteiger partial charge >= 0.3 is 0 Å². The first kappa shape index (κ1) is 40.0. The molecule has 0 atom stereocenters. The molecule has 11 rings (SSSR count). The van der Waals surface area contributed by atoms with E-state index >= 15 is 0 Å². The van der Waals surface area contributed by atoms with Gasteiger partial charge in [-0.2, -0.15) is 0 Å². The van der Waals surface area contributed by atoms with Crippen LogP contribution in [0.15, 0.2) is 261 Å². The van der Waals surface area contributed by atoms with Gasteiger partial charge in [0, 0.05) is 44.5 Å². The van der Waals surface area contributed by atoms with Gasteiger partial charge in [0.15, 0.2) is 5.82 Å². The summed E-state index contributed by atoms with van der Waals surface area (Å²) in [5.41, 5.74) is 19.9. The first-order valence-corrected chi connectivity index (χ1v) is 22.4. The van der Waals surface area contributed by atoms with Crippen LogP contribution in [-0.2, 0) is 0 Å². The molecule has 0 saturated carbocycles. The average molecular weight is 842 g/mol. The van der Waals surface area contributed by atoms with Gasteiger partial charge in [-0.3, -0.25) is 0 Å². The number of hydrogen-bond acceptors (Lipinski definition) is 3. The van der Waals surface area contributed by atoms with Gasteiger partial charge in [0.25, 0.3) is 0 Å². The number of aromatic nitrogens is 3. The van der Waals surface area contributed by atoms with Crippen LogP contribution in [0.2, 0.25) is 0 Å². The van der Waals surface area contributed by atoms with E-state index < -0.39 is 0 Å². The fraction of sp³-hybridized carbons (Fsp3) is 0. The van der Waals surface area contributed by atoms with E-state index in [2.05, 4.69) is 243 Å². The molecule has 0 amide bonds. The summed E-state index contributed by atoms with van der Waals surface area (Å²) >= 11 is 0. The maximum Gasteiger partial charge on any atom is 0.160 e. The van der Waals surface area contributed by atoms with Crippen molar-refractivity contribution < 1.29 is 0 Å². The van der Waals surface area contributed by atoms with Crippen LogP contribution in [0.4, 0.5) is 0 Å². The van der Waals surface area contributed by atoms with Crippen molar-refractivity contribution in [2.75, 3.05) is 0 Å². The maximum absolute atomic E-state index is 5.63. The summed E-state index contributed by atoms with van der Waals surface area (Å²) < 4.78 is 0. The zero-order valence-electron chi connectivity index (χ0n) is 36.2. The highest BCUT2D eigenvalue weighted by atomic mass is 14.9. The van der Waals surface area contributed by atoms with E-state index in [1.807, 2.05) is 18.2 Å². The van der Waals surface area contributed by atoms with E-state index in [0.29, 0.717) is 5.82 Å². The Bertz CT molecular complexity index is 3310. The van der Waals surface area contributed by atoms with E-state index in [1.54, 1.807) is 0 Å². The molecule has 0 radical (unpaired) electrons. The van der Waals surface area contributed by atoms with E-state index in [9.17, 15) is 0 Å². The number of nitrogens with zero attached hydrogens (tertiary/aromatic N) is 3. The second-order valence-corrected chi connectivity index (χ2v) is 16.3. The molecule has 2 aromatic heterocycles. The van der Waals surface area contributed by atoms with E-state index in [1.165, 1.54) is 0 Å². The number of hydrogen-bond donors (Lipinski definition) is 0. The predicted octanol–water partition coefficient (Wildman–Crippen LogP) is 16.5. The average Bonchev–Trinajstić information content (AvgIpc) is 3.41. The third-order valence-electron chi connectivity index (χ3n) is 12.1. The molecule has 9 aromatic carbocycles. The Kier molecular flexibility index (Phi) is 11.0. The quantitative estimate of drug-likeness (QED) is 0.138. The minimum absolute atomic E-state index is 0.688. The van der Waals surface area contributed by atoms with E-state index in [0.717, 1.165) is 106 Å². The molecule has 0 bridgehead atoms. The summed E-state index contributed by atoms with van der Waals surface area (Å²) in [4.78, 5) is 16.0. The number of rotatable bonds is 10. The Morgan fingerprint density at radius 3 is 1.12 bits per heavy atom. The van der Waals surface area contributed by atoms with Gasteiger partial charge in [-0.1, -0.05) is 249 Å². The Labute approximate surface area is 386 Å². The van der Waals surface area contributed by atoms with E-state index in [-0.39, 0.29) is 0 Å². The van der Waals surface area contributed by atoms with Crippen molar-refractivity contribution in [3.05, 3.63) is 261 Å². The van der Waals surface area contributed by atoms with Gasteiger partial charge in [0.1, 0.15) is 0 Å². The molecular formula is C63H43N3. The molecule has 0 spiro atoms. The summed E-state index contributed by atoms with van der Waals surface area (Å²) in [6, 6.07) is 91.7. The maximum atomic E-state index is 5.63. The lowest BCUT2D eigenvalue weighted by molar-refractivity contribution is 1.18. The lowest BCUT2D eigenvalue weighted by Gasteiger charge is -2.23. The SMILES string of the molecule is c1ccc(-c2nc(-c3ccc(-c4cccc(-c5c(-c6ccccc6)c(-c6ccccc6)nc(-c6ccccc6)c5-c5ccccc5)c4)cc3)cc(-c3ccccc3-c3ccccc3)n2)cc1. The molecule has 3 nitrogen and oxygen atoms in total. The predicted molar refractivity (Wildman–Crippen MR) is 274 cm³/mol. The fourth-order valence-electron chi connectivity index (χ4n) is 8.97. The van der Waals surface area contributed by atoms with Gasteiger partial charge in [-0.05, 0) is 51.1 Å².